The first kappa shape index (κ1) is 15.4. The second kappa shape index (κ2) is 6.06. The molecule has 0 radical (unpaired) electrons. The Bertz CT molecular complexity index is 1100. The summed E-state index contributed by atoms with van der Waals surface area (Å²) in [6.07, 6.45) is 0.534. The first-order valence-corrected chi connectivity index (χ1v) is 8.31. The fourth-order valence-electron chi connectivity index (χ4n) is 3.35. The van der Waals surface area contributed by atoms with Crippen LogP contribution in [0.2, 0.25) is 0 Å². The van der Waals surface area contributed by atoms with Crippen LogP contribution in [0, 0.1) is 6.92 Å². The molecule has 0 bridgehead atoms. The molecule has 0 aliphatic heterocycles. The Labute approximate surface area is 145 Å². The van der Waals surface area contributed by atoms with Crippen LogP contribution in [-0.2, 0) is 11.2 Å². The molecule has 1 N–H and O–H groups in total. The normalized spacial score (nSPS) is 11.2. The van der Waals surface area contributed by atoms with Gasteiger partial charge in [-0.1, -0.05) is 42.5 Å². The van der Waals surface area contributed by atoms with Gasteiger partial charge in [-0.3, -0.25) is 4.79 Å². The standard InChI is InChI=1S/C21H18N2O2/c1-14-5-4-8-19-22-21(18(23(14)19)11-12-20(24)25)17-10-9-15-6-2-3-7-16(15)13-17/h2-10,13H,11-12H2,1H3,(H,24,25). The summed E-state index contributed by atoms with van der Waals surface area (Å²) in [5.41, 5.74) is 4.73. The second-order valence-electron chi connectivity index (χ2n) is 6.22. The van der Waals surface area contributed by atoms with Crippen molar-refractivity contribution in [1.82, 2.24) is 9.38 Å². The number of rotatable bonds is 4. The lowest BCUT2D eigenvalue weighted by Crippen LogP contribution is -2.03. The predicted octanol–water partition coefficient (Wildman–Crippen LogP) is 4.48. The molecule has 2 aromatic heterocycles. The summed E-state index contributed by atoms with van der Waals surface area (Å²) in [5, 5.41) is 11.5. The van der Waals surface area contributed by atoms with E-state index in [2.05, 4.69) is 34.7 Å². The molecule has 0 saturated carbocycles. The maximum absolute atomic E-state index is 11.1. The highest BCUT2D eigenvalue weighted by molar-refractivity contribution is 5.87. The van der Waals surface area contributed by atoms with Gasteiger partial charge in [0.25, 0.3) is 0 Å². The number of aliphatic carboxylic acids is 1. The molecular formula is C21H18N2O2. The lowest BCUT2D eigenvalue weighted by atomic mass is 10.0. The van der Waals surface area contributed by atoms with E-state index in [1.165, 1.54) is 5.39 Å². The highest BCUT2D eigenvalue weighted by Crippen LogP contribution is 2.29. The van der Waals surface area contributed by atoms with Gasteiger partial charge >= 0.3 is 5.97 Å². The summed E-state index contributed by atoms with van der Waals surface area (Å²) in [6, 6.07) is 20.4. The molecular weight excluding hydrogens is 312 g/mol. The number of nitrogens with zero attached hydrogens (tertiary/aromatic N) is 2. The molecule has 4 aromatic rings. The van der Waals surface area contributed by atoms with Gasteiger partial charge in [0.2, 0.25) is 0 Å². The number of carbonyl (C=O) groups is 1. The van der Waals surface area contributed by atoms with Gasteiger partial charge in [-0.05, 0) is 35.9 Å². The van der Waals surface area contributed by atoms with E-state index in [0.717, 1.165) is 33.7 Å². The third kappa shape index (κ3) is 2.76. The Morgan fingerprint density at radius 2 is 1.84 bits per heavy atom. The highest BCUT2D eigenvalue weighted by atomic mass is 16.4. The van der Waals surface area contributed by atoms with Crippen molar-refractivity contribution in [2.24, 2.45) is 0 Å². The van der Waals surface area contributed by atoms with Crippen LogP contribution in [-0.4, -0.2) is 20.5 Å². The first-order chi connectivity index (χ1) is 12.1. The summed E-state index contributed by atoms with van der Waals surface area (Å²) in [4.78, 5) is 15.9. The molecule has 2 aromatic carbocycles. The minimum Gasteiger partial charge on any atom is -0.481 e. The number of imidazole rings is 1. The lowest BCUT2D eigenvalue weighted by Gasteiger charge is -2.07. The largest absolute Gasteiger partial charge is 0.481 e. The van der Waals surface area contributed by atoms with E-state index in [4.69, 9.17) is 10.1 Å². The maximum Gasteiger partial charge on any atom is 0.303 e. The molecule has 25 heavy (non-hydrogen) atoms. The highest BCUT2D eigenvalue weighted by Gasteiger charge is 2.16. The molecule has 2 heterocycles. The van der Waals surface area contributed by atoms with Crippen LogP contribution >= 0.6 is 0 Å². The van der Waals surface area contributed by atoms with E-state index in [1.54, 1.807) is 0 Å². The summed E-state index contributed by atoms with van der Waals surface area (Å²) in [5.74, 6) is -0.798. The number of benzene rings is 2. The summed E-state index contributed by atoms with van der Waals surface area (Å²) in [7, 11) is 0. The van der Waals surface area contributed by atoms with Gasteiger partial charge in [0.05, 0.1) is 17.8 Å². The van der Waals surface area contributed by atoms with E-state index in [9.17, 15) is 4.79 Å². The molecule has 0 amide bonds. The van der Waals surface area contributed by atoms with Crippen LogP contribution in [0.5, 0.6) is 0 Å². The number of carboxylic acid groups (broad SMARTS) is 1. The third-order valence-electron chi connectivity index (χ3n) is 4.53. The van der Waals surface area contributed by atoms with Crippen molar-refractivity contribution >= 4 is 22.4 Å². The van der Waals surface area contributed by atoms with Gasteiger partial charge in [-0.25, -0.2) is 4.98 Å². The van der Waals surface area contributed by atoms with Gasteiger partial charge < -0.3 is 9.51 Å². The molecule has 124 valence electrons. The molecule has 0 spiro atoms. The molecule has 0 saturated heterocycles. The fourth-order valence-corrected chi connectivity index (χ4v) is 3.35. The van der Waals surface area contributed by atoms with Gasteiger partial charge in [-0.2, -0.15) is 0 Å². The number of fused-ring (bicyclic) bond motifs is 2. The Morgan fingerprint density at radius 1 is 1.04 bits per heavy atom. The Balaban J connectivity index is 1.93. The number of hydrogen-bond acceptors (Lipinski definition) is 2. The van der Waals surface area contributed by atoms with Gasteiger partial charge in [0.15, 0.2) is 0 Å². The molecule has 0 aliphatic rings. The first-order valence-electron chi connectivity index (χ1n) is 8.31. The van der Waals surface area contributed by atoms with Crippen LogP contribution in [0.4, 0.5) is 0 Å². The number of pyridine rings is 1. The van der Waals surface area contributed by atoms with Crippen molar-refractivity contribution < 1.29 is 9.90 Å². The minimum atomic E-state index is -0.798. The number of aryl methyl sites for hydroxylation is 2. The third-order valence-corrected chi connectivity index (χ3v) is 4.53. The van der Waals surface area contributed by atoms with E-state index in [1.807, 2.05) is 37.3 Å². The second-order valence-corrected chi connectivity index (χ2v) is 6.22. The molecule has 4 rings (SSSR count). The fraction of sp³-hybridized carbons (Fsp3) is 0.143. The number of aromatic nitrogens is 2. The van der Waals surface area contributed by atoms with Crippen molar-refractivity contribution in [3.05, 3.63) is 72.1 Å². The smallest absolute Gasteiger partial charge is 0.303 e. The zero-order valence-corrected chi connectivity index (χ0v) is 13.9. The zero-order valence-electron chi connectivity index (χ0n) is 13.9. The van der Waals surface area contributed by atoms with Crippen LogP contribution in [0.3, 0.4) is 0 Å². The summed E-state index contributed by atoms with van der Waals surface area (Å²) >= 11 is 0. The Morgan fingerprint density at radius 3 is 2.64 bits per heavy atom. The van der Waals surface area contributed by atoms with Gasteiger partial charge in [-0.15, -0.1) is 0 Å². The SMILES string of the molecule is Cc1cccc2nc(-c3ccc4ccccc4c3)c(CCC(=O)O)n12. The van der Waals surface area contributed by atoms with E-state index >= 15 is 0 Å². The number of carboxylic acids is 1. The van der Waals surface area contributed by atoms with E-state index < -0.39 is 5.97 Å². The Kier molecular flexibility index (Phi) is 3.73. The quantitative estimate of drug-likeness (QED) is 0.600. The van der Waals surface area contributed by atoms with Crippen molar-refractivity contribution in [2.75, 3.05) is 0 Å². The predicted molar refractivity (Wildman–Crippen MR) is 98.8 cm³/mol. The zero-order chi connectivity index (χ0) is 17.4. The van der Waals surface area contributed by atoms with Crippen LogP contribution in [0.1, 0.15) is 17.8 Å². The molecule has 0 aliphatic carbocycles. The average molecular weight is 330 g/mol. The topological polar surface area (TPSA) is 54.6 Å². The summed E-state index contributed by atoms with van der Waals surface area (Å²) in [6.45, 7) is 2.02. The van der Waals surface area contributed by atoms with Gasteiger partial charge in [0, 0.05) is 17.7 Å². The molecule has 4 nitrogen and oxygen atoms in total. The van der Waals surface area contributed by atoms with Crippen molar-refractivity contribution in [1.29, 1.82) is 0 Å². The van der Waals surface area contributed by atoms with Crippen LogP contribution in [0.15, 0.2) is 60.7 Å². The van der Waals surface area contributed by atoms with Gasteiger partial charge in [0.1, 0.15) is 5.65 Å². The van der Waals surface area contributed by atoms with Crippen LogP contribution in [0.25, 0.3) is 27.7 Å². The molecule has 0 atom stereocenters. The molecule has 0 fully saturated rings. The average Bonchev–Trinajstić information content (AvgIpc) is 2.99. The summed E-state index contributed by atoms with van der Waals surface area (Å²) < 4.78 is 2.06. The lowest BCUT2D eigenvalue weighted by molar-refractivity contribution is -0.136. The Hall–Kier alpha value is -3.14. The van der Waals surface area contributed by atoms with Crippen LogP contribution < -0.4 is 0 Å². The molecule has 0 unspecified atom stereocenters. The monoisotopic (exact) mass is 330 g/mol. The van der Waals surface area contributed by atoms with Crippen molar-refractivity contribution in [2.45, 2.75) is 19.8 Å². The van der Waals surface area contributed by atoms with Crippen molar-refractivity contribution in [3.8, 4) is 11.3 Å². The van der Waals surface area contributed by atoms with Crippen molar-refractivity contribution in [3.63, 3.8) is 0 Å². The maximum atomic E-state index is 11.1. The number of hydrogen-bond donors (Lipinski definition) is 1. The van der Waals surface area contributed by atoms with E-state index in [-0.39, 0.29) is 6.42 Å². The minimum absolute atomic E-state index is 0.0860. The van der Waals surface area contributed by atoms with E-state index in [0.29, 0.717) is 6.42 Å². The molecule has 4 heteroatoms.